The van der Waals surface area contributed by atoms with E-state index in [1.165, 1.54) is 25.7 Å². The Balaban J connectivity index is 4.32. The molecule has 0 bridgehead atoms. The highest BCUT2D eigenvalue weighted by Gasteiger charge is 2.23. The first-order valence-electron chi connectivity index (χ1n) is 7.13. The summed E-state index contributed by atoms with van der Waals surface area (Å²) in [6.07, 6.45) is 4.60. The molecule has 0 aliphatic carbocycles. The molecule has 2 nitrogen and oxygen atoms in total. The van der Waals surface area contributed by atoms with Gasteiger partial charge in [0.2, 0.25) is 0 Å². The molecule has 0 amide bonds. The standard InChI is InChI=1S/C14H31NOS/c1-6-9-13(15-10-7-2)14(8-3)17-12(5)11(4)16/h11-16H,6-10H2,1-5H3. The van der Waals surface area contributed by atoms with Gasteiger partial charge in [-0.05, 0) is 32.7 Å². The number of rotatable bonds is 10. The zero-order valence-corrected chi connectivity index (χ0v) is 13.0. The van der Waals surface area contributed by atoms with E-state index in [1.807, 2.05) is 18.7 Å². The minimum absolute atomic E-state index is 0.220. The highest BCUT2D eigenvalue weighted by Crippen LogP contribution is 2.27. The van der Waals surface area contributed by atoms with Crippen LogP contribution in [0.15, 0.2) is 0 Å². The molecule has 0 rings (SSSR count). The summed E-state index contributed by atoms with van der Waals surface area (Å²) in [6.45, 7) is 11.8. The van der Waals surface area contributed by atoms with E-state index >= 15 is 0 Å². The van der Waals surface area contributed by atoms with Crippen LogP contribution in [0.5, 0.6) is 0 Å². The summed E-state index contributed by atoms with van der Waals surface area (Å²) in [7, 11) is 0. The molecule has 0 heterocycles. The van der Waals surface area contributed by atoms with Crippen LogP contribution in [0.1, 0.15) is 60.3 Å². The molecule has 0 spiro atoms. The third kappa shape index (κ3) is 7.32. The van der Waals surface area contributed by atoms with Crippen LogP contribution in [0.4, 0.5) is 0 Å². The molecule has 0 fully saturated rings. The van der Waals surface area contributed by atoms with Gasteiger partial charge in [0.25, 0.3) is 0 Å². The fourth-order valence-electron chi connectivity index (χ4n) is 1.93. The Bertz CT molecular complexity index is 176. The van der Waals surface area contributed by atoms with Crippen molar-refractivity contribution in [3.05, 3.63) is 0 Å². The molecular weight excluding hydrogens is 230 g/mol. The van der Waals surface area contributed by atoms with Gasteiger partial charge in [0, 0.05) is 16.5 Å². The Morgan fingerprint density at radius 1 is 1.12 bits per heavy atom. The Kier molecular flexibility index (Phi) is 10.4. The number of nitrogens with one attached hydrogen (secondary N) is 1. The lowest BCUT2D eigenvalue weighted by molar-refractivity contribution is 0.196. The van der Waals surface area contributed by atoms with Crippen LogP contribution in [-0.2, 0) is 0 Å². The van der Waals surface area contributed by atoms with Crippen LogP contribution >= 0.6 is 11.8 Å². The van der Waals surface area contributed by atoms with Gasteiger partial charge in [-0.2, -0.15) is 11.8 Å². The Morgan fingerprint density at radius 2 is 1.76 bits per heavy atom. The second-order valence-electron chi connectivity index (χ2n) is 4.88. The van der Waals surface area contributed by atoms with Crippen molar-refractivity contribution in [1.29, 1.82) is 0 Å². The number of thioether (sulfide) groups is 1. The lowest BCUT2D eigenvalue weighted by atomic mass is 10.1. The molecule has 0 radical (unpaired) electrons. The normalized spacial score (nSPS) is 18.7. The third-order valence-corrected chi connectivity index (χ3v) is 5.01. The highest BCUT2D eigenvalue weighted by atomic mass is 32.2. The molecule has 3 heteroatoms. The fourth-order valence-corrected chi connectivity index (χ4v) is 3.32. The summed E-state index contributed by atoms with van der Waals surface area (Å²) in [5.41, 5.74) is 0. The van der Waals surface area contributed by atoms with Crippen LogP contribution in [-0.4, -0.2) is 34.3 Å². The van der Waals surface area contributed by atoms with Gasteiger partial charge in [-0.3, -0.25) is 0 Å². The quantitative estimate of drug-likeness (QED) is 0.632. The van der Waals surface area contributed by atoms with E-state index in [2.05, 4.69) is 33.0 Å². The van der Waals surface area contributed by atoms with Gasteiger partial charge in [0.05, 0.1) is 6.10 Å². The molecule has 0 aliphatic rings. The average Bonchev–Trinajstić information content (AvgIpc) is 2.31. The topological polar surface area (TPSA) is 32.3 Å². The van der Waals surface area contributed by atoms with Crippen LogP contribution in [0.3, 0.4) is 0 Å². The van der Waals surface area contributed by atoms with Crippen LogP contribution in [0.2, 0.25) is 0 Å². The molecular formula is C14H31NOS. The van der Waals surface area contributed by atoms with E-state index in [-0.39, 0.29) is 6.10 Å². The van der Waals surface area contributed by atoms with E-state index < -0.39 is 0 Å². The first-order chi connectivity index (χ1) is 8.06. The van der Waals surface area contributed by atoms with E-state index in [9.17, 15) is 5.11 Å². The first kappa shape index (κ1) is 17.3. The fraction of sp³-hybridized carbons (Fsp3) is 1.00. The first-order valence-corrected chi connectivity index (χ1v) is 8.07. The molecule has 0 aromatic rings. The molecule has 0 aromatic carbocycles. The summed E-state index contributed by atoms with van der Waals surface area (Å²) in [4.78, 5) is 0. The van der Waals surface area contributed by atoms with E-state index in [0.29, 0.717) is 16.5 Å². The average molecular weight is 261 g/mol. The molecule has 0 aliphatic heterocycles. The van der Waals surface area contributed by atoms with Crippen LogP contribution < -0.4 is 5.32 Å². The van der Waals surface area contributed by atoms with Crippen LogP contribution in [0.25, 0.3) is 0 Å². The zero-order valence-electron chi connectivity index (χ0n) is 12.2. The predicted molar refractivity (Wildman–Crippen MR) is 79.8 cm³/mol. The highest BCUT2D eigenvalue weighted by molar-refractivity contribution is 8.00. The smallest absolute Gasteiger partial charge is 0.0628 e. The van der Waals surface area contributed by atoms with Crippen molar-refractivity contribution in [2.45, 2.75) is 82.9 Å². The van der Waals surface area contributed by atoms with Crippen molar-refractivity contribution in [3.63, 3.8) is 0 Å². The second-order valence-corrected chi connectivity index (χ2v) is 6.50. The van der Waals surface area contributed by atoms with Crippen molar-refractivity contribution < 1.29 is 5.11 Å². The minimum atomic E-state index is -0.220. The summed E-state index contributed by atoms with van der Waals surface area (Å²) < 4.78 is 0. The Morgan fingerprint density at radius 3 is 2.18 bits per heavy atom. The minimum Gasteiger partial charge on any atom is -0.392 e. The van der Waals surface area contributed by atoms with Crippen molar-refractivity contribution in [2.24, 2.45) is 0 Å². The predicted octanol–water partition coefficient (Wildman–Crippen LogP) is 3.44. The molecule has 2 N–H and O–H groups in total. The second kappa shape index (κ2) is 10.2. The maximum Gasteiger partial charge on any atom is 0.0628 e. The molecule has 0 aromatic heterocycles. The summed E-state index contributed by atoms with van der Waals surface area (Å²) in [6, 6.07) is 0.594. The lowest BCUT2D eigenvalue weighted by Crippen LogP contribution is -2.39. The van der Waals surface area contributed by atoms with E-state index in [1.54, 1.807) is 0 Å². The van der Waals surface area contributed by atoms with Gasteiger partial charge in [0.15, 0.2) is 0 Å². The number of hydrogen-bond donors (Lipinski definition) is 2. The maximum atomic E-state index is 9.61. The molecule has 17 heavy (non-hydrogen) atoms. The largest absolute Gasteiger partial charge is 0.392 e. The molecule has 104 valence electrons. The van der Waals surface area contributed by atoms with Crippen molar-refractivity contribution in [3.8, 4) is 0 Å². The van der Waals surface area contributed by atoms with Crippen LogP contribution in [0, 0.1) is 0 Å². The van der Waals surface area contributed by atoms with E-state index in [0.717, 1.165) is 6.54 Å². The van der Waals surface area contributed by atoms with Crippen molar-refractivity contribution in [2.75, 3.05) is 6.54 Å². The van der Waals surface area contributed by atoms with Gasteiger partial charge in [-0.15, -0.1) is 0 Å². The molecule has 0 saturated heterocycles. The van der Waals surface area contributed by atoms with E-state index in [4.69, 9.17) is 0 Å². The van der Waals surface area contributed by atoms with Gasteiger partial charge < -0.3 is 10.4 Å². The van der Waals surface area contributed by atoms with Gasteiger partial charge in [-0.1, -0.05) is 34.1 Å². The lowest BCUT2D eigenvalue weighted by Gasteiger charge is -2.30. The van der Waals surface area contributed by atoms with Gasteiger partial charge in [-0.25, -0.2) is 0 Å². The van der Waals surface area contributed by atoms with Gasteiger partial charge in [0.1, 0.15) is 0 Å². The summed E-state index contributed by atoms with van der Waals surface area (Å²) in [5, 5.41) is 14.2. The molecule has 4 atom stereocenters. The van der Waals surface area contributed by atoms with Gasteiger partial charge >= 0.3 is 0 Å². The number of aliphatic hydroxyl groups excluding tert-OH is 1. The molecule has 0 saturated carbocycles. The Hall–Kier alpha value is 0.270. The van der Waals surface area contributed by atoms with Crippen molar-refractivity contribution in [1.82, 2.24) is 5.32 Å². The maximum absolute atomic E-state index is 9.61. The monoisotopic (exact) mass is 261 g/mol. The summed E-state index contributed by atoms with van der Waals surface area (Å²) >= 11 is 1.94. The number of hydrogen-bond acceptors (Lipinski definition) is 3. The summed E-state index contributed by atoms with van der Waals surface area (Å²) in [5.74, 6) is 0. The SMILES string of the molecule is CCCNC(CCC)C(CC)SC(C)C(C)O. The number of aliphatic hydroxyl groups is 1. The van der Waals surface area contributed by atoms with Crippen molar-refractivity contribution >= 4 is 11.8 Å². The Labute approximate surface area is 112 Å². The zero-order chi connectivity index (χ0) is 13.3. The third-order valence-electron chi connectivity index (χ3n) is 3.18. The molecule has 4 unspecified atom stereocenters.